The number of fused-ring (bicyclic) bond motifs is 1. The van der Waals surface area contributed by atoms with Gasteiger partial charge in [0.25, 0.3) is 0 Å². The van der Waals surface area contributed by atoms with Crippen LogP contribution in [0.15, 0.2) is 46.9 Å². The SMILES string of the molecule is CCOC(=O)C1CC(=O)N(c2ccc3oc(-c4ccccc4C)nc3c2)C1. The average molecular weight is 364 g/mol. The first-order valence-electron chi connectivity index (χ1n) is 9.00. The number of carbonyl (C=O) groups is 2. The molecule has 6 heteroatoms. The summed E-state index contributed by atoms with van der Waals surface area (Å²) in [7, 11) is 0. The molecule has 0 saturated carbocycles. The van der Waals surface area contributed by atoms with Crippen LogP contribution in [0.1, 0.15) is 18.9 Å². The molecule has 0 aliphatic carbocycles. The Bertz CT molecular complexity index is 1020. The van der Waals surface area contributed by atoms with Gasteiger partial charge in [-0.1, -0.05) is 18.2 Å². The van der Waals surface area contributed by atoms with Crippen molar-refractivity contribution in [3.05, 3.63) is 48.0 Å². The molecule has 1 atom stereocenters. The number of ether oxygens (including phenoxy) is 1. The van der Waals surface area contributed by atoms with Crippen molar-refractivity contribution in [2.45, 2.75) is 20.3 Å². The molecule has 0 radical (unpaired) electrons. The normalized spacial score (nSPS) is 16.9. The standard InChI is InChI=1S/C21H20N2O4/c1-3-26-21(25)14-10-19(24)23(12-14)15-8-9-18-17(11-15)22-20(27-18)16-7-5-4-6-13(16)2/h4-9,11,14H,3,10,12H2,1-2H3. The van der Waals surface area contributed by atoms with Gasteiger partial charge in [-0.05, 0) is 43.7 Å². The van der Waals surface area contributed by atoms with Crippen molar-refractivity contribution >= 4 is 28.7 Å². The van der Waals surface area contributed by atoms with Crippen LogP contribution in [0.4, 0.5) is 5.69 Å². The Kier molecular flexibility index (Phi) is 4.39. The van der Waals surface area contributed by atoms with Gasteiger partial charge in [-0.3, -0.25) is 9.59 Å². The zero-order valence-corrected chi connectivity index (χ0v) is 15.3. The second kappa shape index (κ2) is 6.87. The summed E-state index contributed by atoms with van der Waals surface area (Å²) in [6, 6.07) is 13.3. The quantitative estimate of drug-likeness (QED) is 0.660. The number of benzene rings is 2. The van der Waals surface area contributed by atoms with Gasteiger partial charge >= 0.3 is 5.97 Å². The summed E-state index contributed by atoms with van der Waals surface area (Å²) in [6.45, 7) is 4.41. The molecule has 4 rings (SSSR count). The lowest BCUT2D eigenvalue weighted by Gasteiger charge is -2.16. The summed E-state index contributed by atoms with van der Waals surface area (Å²) >= 11 is 0. The van der Waals surface area contributed by atoms with Crippen molar-refractivity contribution in [1.82, 2.24) is 4.98 Å². The van der Waals surface area contributed by atoms with E-state index >= 15 is 0 Å². The van der Waals surface area contributed by atoms with Crippen LogP contribution < -0.4 is 4.90 Å². The molecular weight excluding hydrogens is 344 g/mol. The number of rotatable bonds is 4. The highest BCUT2D eigenvalue weighted by molar-refractivity contribution is 6.00. The second-order valence-electron chi connectivity index (χ2n) is 6.64. The maximum Gasteiger partial charge on any atom is 0.311 e. The van der Waals surface area contributed by atoms with Crippen LogP contribution in [0.5, 0.6) is 0 Å². The maximum atomic E-state index is 12.4. The Morgan fingerprint density at radius 3 is 2.89 bits per heavy atom. The number of esters is 1. The van der Waals surface area contributed by atoms with E-state index in [4.69, 9.17) is 9.15 Å². The smallest absolute Gasteiger partial charge is 0.311 e. The monoisotopic (exact) mass is 364 g/mol. The zero-order valence-electron chi connectivity index (χ0n) is 15.3. The van der Waals surface area contributed by atoms with E-state index in [-0.39, 0.29) is 18.3 Å². The molecule has 1 fully saturated rings. The Labute approximate surface area is 156 Å². The van der Waals surface area contributed by atoms with Crippen LogP contribution in [0.3, 0.4) is 0 Å². The Balaban J connectivity index is 1.63. The van der Waals surface area contributed by atoms with Crippen LogP contribution in [0, 0.1) is 12.8 Å². The lowest BCUT2D eigenvalue weighted by Crippen LogP contribution is -2.26. The number of anilines is 1. The lowest BCUT2D eigenvalue weighted by molar-refractivity contribution is -0.147. The van der Waals surface area contributed by atoms with Gasteiger partial charge in [0.05, 0.1) is 12.5 Å². The number of oxazole rings is 1. The molecule has 2 heterocycles. The van der Waals surface area contributed by atoms with Gasteiger partial charge in [-0.15, -0.1) is 0 Å². The van der Waals surface area contributed by atoms with Crippen molar-refractivity contribution in [1.29, 1.82) is 0 Å². The van der Waals surface area contributed by atoms with Crippen molar-refractivity contribution in [2.24, 2.45) is 5.92 Å². The number of aromatic nitrogens is 1. The minimum absolute atomic E-state index is 0.0879. The van der Waals surface area contributed by atoms with Crippen LogP contribution in [0.25, 0.3) is 22.6 Å². The molecule has 1 aliphatic rings. The van der Waals surface area contributed by atoms with Crippen LogP contribution in [-0.2, 0) is 14.3 Å². The van der Waals surface area contributed by atoms with E-state index < -0.39 is 5.92 Å². The molecule has 1 aliphatic heterocycles. The predicted octanol–water partition coefficient (Wildman–Crippen LogP) is 3.72. The van der Waals surface area contributed by atoms with Crippen LogP contribution in [-0.4, -0.2) is 30.0 Å². The summed E-state index contributed by atoms with van der Waals surface area (Å²) in [5, 5.41) is 0. The van der Waals surface area contributed by atoms with Gasteiger partial charge in [0.15, 0.2) is 5.58 Å². The zero-order chi connectivity index (χ0) is 19.0. The third kappa shape index (κ3) is 3.18. The summed E-state index contributed by atoms with van der Waals surface area (Å²) < 4.78 is 10.9. The molecular formula is C21H20N2O4. The first-order chi connectivity index (χ1) is 13.1. The molecule has 1 aromatic heterocycles. The molecule has 0 N–H and O–H groups in total. The first-order valence-corrected chi connectivity index (χ1v) is 9.00. The van der Waals surface area contributed by atoms with E-state index in [2.05, 4.69) is 4.98 Å². The lowest BCUT2D eigenvalue weighted by atomic mass is 10.1. The maximum absolute atomic E-state index is 12.4. The van der Waals surface area contributed by atoms with E-state index in [9.17, 15) is 9.59 Å². The minimum Gasteiger partial charge on any atom is -0.466 e. The van der Waals surface area contributed by atoms with Gasteiger partial charge in [0.2, 0.25) is 11.8 Å². The number of carbonyl (C=O) groups excluding carboxylic acids is 2. The molecule has 138 valence electrons. The molecule has 1 amide bonds. The predicted molar refractivity (Wildman–Crippen MR) is 101 cm³/mol. The molecule has 1 saturated heterocycles. The summed E-state index contributed by atoms with van der Waals surface area (Å²) in [4.78, 5) is 30.5. The van der Waals surface area contributed by atoms with Crippen LogP contribution in [0.2, 0.25) is 0 Å². The Hall–Kier alpha value is -3.15. The van der Waals surface area contributed by atoms with Crippen molar-refractivity contribution in [3.63, 3.8) is 0 Å². The molecule has 0 bridgehead atoms. The number of amides is 1. The Morgan fingerprint density at radius 2 is 2.11 bits per heavy atom. The highest BCUT2D eigenvalue weighted by Gasteiger charge is 2.36. The van der Waals surface area contributed by atoms with E-state index in [0.29, 0.717) is 35.8 Å². The van der Waals surface area contributed by atoms with E-state index in [0.717, 1.165) is 11.1 Å². The second-order valence-corrected chi connectivity index (χ2v) is 6.64. The minimum atomic E-state index is -0.423. The highest BCUT2D eigenvalue weighted by atomic mass is 16.5. The average Bonchev–Trinajstić information content (AvgIpc) is 3.25. The van der Waals surface area contributed by atoms with Gasteiger partial charge in [0, 0.05) is 24.2 Å². The molecule has 0 spiro atoms. The summed E-state index contributed by atoms with van der Waals surface area (Å²) in [6.07, 6.45) is 0.171. The summed E-state index contributed by atoms with van der Waals surface area (Å²) in [5.41, 5.74) is 4.07. The number of nitrogens with zero attached hydrogens (tertiary/aromatic N) is 2. The third-order valence-electron chi connectivity index (χ3n) is 4.80. The van der Waals surface area contributed by atoms with Crippen molar-refractivity contribution in [2.75, 3.05) is 18.1 Å². The van der Waals surface area contributed by atoms with E-state index in [1.807, 2.05) is 49.4 Å². The van der Waals surface area contributed by atoms with E-state index in [1.54, 1.807) is 11.8 Å². The number of hydrogen-bond donors (Lipinski definition) is 0. The highest BCUT2D eigenvalue weighted by Crippen LogP contribution is 2.31. The fourth-order valence-electron chi connectivity index (χ4n) is 3.39. The summed E-state index contributed by atoms with van der Waals surface area (Å²) in [5.74, 6) is -0.280. The van der Waals surface area contributed by atoms with Gasteiger partial charge in [0.1, 0.15) is 5.52 Å². The van der Waals surface area contributed by atoms with Gasteiger partial charge in [-0.25, -0.2) is 4.98 Å². The molecule has 6 nitrogen and oxygen atoms in total. The molecule has 27 heavy (non-hydrogen) atoms. The molecule has 1 unspecified atom stereocenters. The number of hydrogen-bond acceptors (Lipinski definition) is 5. The Morgan fingerprint density at radius 1 is 1.30 bits per heavy atom. The fourth-order valence-corrected chi connectivity index (χ4v) is 3.39. The van der Waals surface area contributed by atoms with E-state index in [1.165, 1.54) is 0 Å². The number of aryl methyl sites for hydroxylation is 1. The van der Waals surface area contributed by atoms with Gasteiger partial charge < -0.3 is 14.1 Å². The molecule has 3 aromatic rings. The van der Waals surface area contributed by atoms with Crippen LogP contribution >= 0.6 is 0 Å². The first kappa shape index (κ1) is 17.3. The topological polar surface area (TPSA) is 72.6 Å². The third-order valence-corrected chi connectivity index (χ3v) is 4.80. The van der Waals surface area contributed by atoms with Gasteiger partial charge in [-0.2, -0.15) is 0 Å². The van der Waals surface area contributed by atoms with Crippen molar-refractivity contribution < 1.29 is 18.7 Å². The van der Waals surface area contributed by atoms with Crippen molar-refractivity contribution in [3.8, 4) is 11.5 Å². The largest absolute Gasteiger partial charge is 0.466 e. The molecule has 2 aromatic carbocycles. The fraction of sp³-hybridized carbons (Fsp3) is 0.286.